The smallest absolute Gasteiger partial charge is 0.0486 e. The lowest BCUT2D eigenvalue weighted by atomic mass is 10.0. The van der Waals surface area contributed by atoms with Crippen LogP contribution in [-0.4, -0.2) is 29.6 Å². The minimum Gasteiger partial charge on any atom is -0.348 e. The van der Waals surface area contributed by atoms with Gasteiger partial charge in [-0.1, -0.05) is 0 Å². The summed E-state index contributed by atoms with van der Waals surface area (Å²) in [6, 6.07) is 5.34. The molecule has 0 amide bonds. The van der Waals surface area contributed by atoms with Gasteiger partial charge in [-0.2, -0.15) is 0 Å². The summed E-state index contributed by atoms with van der Waals surface area (Å²) in [5.41, 5.74) is 7.29. The van der Waals surface area contributed by atoms with Crippen LogP contribution in [0.2, 0.25) is 0 Å². The fraction of sp³-hybridized carbons (Fsp3) is 0.529. The van der Waals surface area contributed by atoms with E-state index in [1.165, 1.54) is 33.3 Å². The highest BCUT2D eigenvalue weighted by molar-refractivity contribution is 5.87. The summed E-state index contributed by atoms with van der Waals surface area (Å²) in [4.78, 5) is 2.38. The molecular weight excluding hydrogens is 246 g/mol. The first kappa shape index (κ1) is 13.7. The summed E-state index contributed by atoms with van der Waals surface area (Å²) in [7, 11) is 6.42. The van der Waals surface area contributed by atoms with E-state index in [1.807, 2.05) is 7.05 Å². The van der Waals surface area contributed by atoms with Gasteiger partial charge in [-0.15, -0.1) is 0 Å². The van der Waals surface area contributed by atoms with Crippen LogP contribution < -0.4 is 5.32 Å². The third kappa shape index (κ3) is 2.05. The zero-order chi connectivity index (χ0) is 14.4. The summed E-state index contributed by atoms with van der Waals surface area (Å²) < 4.78 is 2.35. The maximum Gasteiger partial charge on any atom is 0.0486 e. The Morgan fingerprint density at radius 1 is 1.20 bits per heavy atom. The molecule has 2 aromatic rings. The second kappa shape index (κ2) is 4.90. The van der Waals surface area contributed by atoms with Gasteiger partial charge in [0.25, 0.3) is 0 Å². The van der Waals surface area contributed by atoms with E-state index in [1.54, 1.807) is 0 Å². The summed E-state index contributed by atoms with van der Waals surface area (Å²) in [5.74, 6) is 0. The van der Waals surface area contributed by atoms with E-state index in [-0.39, 0.29) is 0 Å². The first-order chi connectivity index (χ1) is 9.51. The Kier molecular flexibility index (Phi) is 3.35. The standard InChI is InChI=1S/C17H25N3/c1-11(18-3)6-15-12(2)20(5)17-8-14-10-19(4)9-13(14)7-16(15)17/h7-8,11,18H,6,9-10H2,1-5H3. The molecule has 1 aliphatic heterocycles. The molecule has 0 fully saturated rings. The number of hydrogen-bond donors (Lipinski definition) is 1. The molecule has 0 aliphatic carbocycles. The average molecular weight is 271 g/mol. The van der Waals surface area contributed by atoms with Gasteiger partial charge in [0.15, 0.2) is 0 Å². The van der Waals surface area contributed by atoms with E-state index in [9.17, 15) is 0 Å². The molecule has 1 aromatic heterocycles. The molecule has 3 rings (SSSR count). The molecule has 1 unspecified atom stereocenters. The lowest BCUT2D eigenvalue weighted by molar-refractivity contribution is 0.353. The van der Waals surface area contributed by atoms with Gasteiger partial charge in [-0.3, -0.25) is 4.90 Å². The molecule has 1 atom stereocenters. The summed E-state index contributed by atoms with van der Waals surface area (Å²) in [6.45, 7) is 6.66. The fourth-order valence-corrected chi connectivity index (χ4v) is 3.37. The van der Waals surface area contributed by atoms with Gasteiger partial charge < -0.3 is 9.88 Å². The number of aryl methyl sites for hydroxylation is 1. The average Bonchev–Trinajstić information content (AvgIpc) is 2.89. The number of likely N-dealkylation sites (N-methyl/N-ethyl adjacent to an activating group) is 1. The van der Waals surface area contributed by atoms with Crippen LogP contribution in [0.25, 0.3) is 10.9 Å². The van der Waals surface area contributed by atoms with Gasteiger partial charge in [-0.25, -0.2) is 0 Å². The Morgan fingerprint density at radius 2 is 1.85 bits per heavy atom. The van der Waals surface area contributed by atoms with Crippen molar-refractivity contribution >= 4 is 10.9 Å². The molecule has 0 saturated heterocycles. The molecule has 1 N–H and O–H groups in total. The van der Waals surface area contributed by atoms with E-state index in [4.69, 9.17) is 0 Å². The van der Waals surface area contributed by atoms with Crippen LogP contribution in [0.5, 0.6) is 0 Å². The van der Waals surface area contributed by atoms with Crippen LogP contribution in [0.15, 0.2) is 12.1 Å². The topological polar surface area (TPSA) is 20.2 Å². The number of nitrogens with one attached hydrogen (secondary N) is 1. The molecule has 20 heavy (non-hydrogen) atoms. The highest BCUT2D eigenvalue weighted by Crippen LogP contribution is 2.32. The molecule has 1 aliphatic rings. The fourth-order valence-electron chi connectivity index (χ4n) is 3.37. The number of fused-ring (bicyclic) bond motifs is 2. The molecule has 3 nitrogen and oxygen atoms in total. The molecule has 0 saturated carbocycles. The maximum atomic E-state index is 3.36. The van der Waals surface area contributed by atoms with E-state index >= 15 is 0 Å². The van der Waals surface area contributed by atoms with Gasteiger partial charge >= 0.3 is 0 Å². The second-order valence-corrected chi connectivity index (χ2v) is 6.33. The van der Waals surface area contributed by atoms with E-state index in [0.717, 1.165) is 19.5 Å². The van der Waals surface area contributed by atoms with E-state index in [0.29, 0.717) is 6.04 Å². The Bertz CT molecular complexity index is 654. The summed E-state index contributed by atoms with van der Waals surface area (Å²) >= 11 is 0. The summed E-state index contributed by atoms with van der Waals surface area (Å²) in [5, 5.41) is 4.80. The van der Waals surface area contributed by atoms with Crippen LogP contribution in [0.1, 0.15) is 29.3 Å². The quantitative estimate of drug-likeness (QED) is 0.926. The predicted molar refractivity (Wildman–Crippen MR) is 85.1 cm³/mol. The Labute approximate surface area is 121 Å². The molecule has 2 heterocycles. The van der Waals surface area contributed by atoms with Gasteiger partial charge in [0, 0.05) is 42.8 Å². The molecule has 0 radical (unpaired) electrons. The number of benzene rings is 1. The first-order valence-electron chi connectivity index (χ1n) is 7.46. The van der Waals surface area contributed by atoms with Crippen molar-refractivity contribution in [2.45, 2.75) is 39.4 Å². The highest BCUT2D eigenvalue weighted by atomic mass is 15.1. The molecule has 0 spiro atoms. The van der Waals surface area contributed by atoms with Crippen molar-refractivity contribution in [1.29, 1.82) is 0 Å². The predicted octanol–water partition coefficient (Wildman–Crippen LogP) is 2.58. The van der Waals surface area contributed by atoms with Crippen molar-refractivity contribution in [3.8, 4) is 0 Å². The van der Waals surface area contributed by atoms with Crippen molar-refractivity contribution in [2.75, 3.05) is 14.1 Å². The van der Waals surface area contributed by atoms with Crippen molar-refractivity contribution in [1.82, 2.24) is 14.8 Å². The highest BCUT2D eigenvalue weighted by Gasteiger charge is 2.20. The molecule has 3 heteroatoms. The number of hydrogen-bond acceptors (Lipinski definition) is 2. The minimum atomic E-state index is 0.509. The number of nitrogens with zero attached hydrogens (tertiary/aromatic N) is 2. The molecular formula is C17H25N3. The van der Waals surface area contributed by atoms with Crippen LogP contribution >= 0.6 is 0 Å². The van der Waals surface area contributed by atoms with Gasteiger partial charge in [0.1, 0.15) is 0 Å². The van der Waals surface area contributed by atoms with Crippen LogP contribution in [0.3, 0.4) is 0 Å². The Balaban J connectivity index is 2.15. The number of aromatic nitrogens is 1. The third-order valence-electron chi connectivity index (χ3n) is 4.83. The monoisotopic (exact) mass is 271 g/mol. The lowest BCUT2D eigenvalue weighted by Crippen LogP contribution is -2.23. The van der Waals surface area contributed by atoms with Crippen molar-refractivity contribution in [2.24, 2.45) is 7.05 Å². The lowest BCUT2D eigenvalue weighted by Gasteiger charge is -2.10. The van der Waals surface area contributed by atoms with Crippen molar-refractivity contribution < 1.29 is 0 Å². The van der Waals surface area contributed by atoms with Crippen molar-refractivity contribution in [3.05, 3.63) is 34.5 Å². The van der Waals surface area contributed by atoms with Gasteiger partial charge in [0.05, 0.1) is 0 Å². The Hall–Kier alpha value is -1.32. The molecule has 0 bridgehead atoms. The van der Waals surface area contributed by atoms with Gasteiger partial charge in [0.2, 0.25) is 0 Å². The van der Waals surface area contributed by atoms with Crippen molar-refractivity contribution in [3.63, 3.8) is 0 Å². The van der Waals surface area contributed by atoms with Crippen LogP contribution in [0, 0.1) is 6.92 Å². The maximum absolute atomic E-state index is 3.36. The zero-order valence-corrected chi connectivity index (χ0v) is 13.2. The van der Waals surface area contributed by atoms with Crippen LogP contribution in [0.4, 0.5) is 0 Å². The minimum absolute atomic E-state index is 0.509. The third-order valence-corrected chi connectivity index (χ3v) is 4.83. The SMILES string of the molecule is CNC(C)Cc1c(C)n(C)c2cc3c(cc12)CN(C)C3. The van der Waals surface area contributed by atoms with Crippen LogP contribution in [-0.2, 0) is 26.6 Å². The van der Waals surface area contributed by atoms with Gasteiger partial charge in [-0.05, 0) is 63.2 Å². The van der Waals surface area contributed by atoms with E-state index < -0.39 is 0 Å². The van der Waals surface area contributed by atoms with E-state index in [2.05, 4.69) is 54.9 Å². The second-order valence-electron chi connectivity index (χ2n) is 6.33. The first-order valence-corrected chi connectivity index (χ1v) is 7.46. The normalized spacial score (nSPS) is 16.9. The number of rotatable bonds is 3. The zero-order valence-electron chi connectivity index (χ0n) is 13.2. The largest absolute Gasteiger partial charge is 0.348 e. The molecule has 1 aromatic carbocycles. The molecule has 108 valence electrons. The summed E-state index contributed by atoms with van der Waals surface area (Å²) in [6.07, 6.45) is 1.09. The Morgan fingerprint density at radius 3 is 2.50 bits per heavy atom.